The Morgan fingerprint density at radius 3 is 2.56 bits per heavy atom. The van der Waals surface area contributed by atoms with Gasteiger partial charge in [0.1, 0.15) is 10.6 Å². The fraction of sp³-hybridized carbons (Fsp3) is 0.250. The fourth-order valence-corrected chi connectivity index (χ4v) is 3.09. The van der Waals surface area contributed by atoms with Gasteiger partial charge in [0.25, 0.3) is 11.8 Å². The second-order valence-corrected chi connectivity index (χ2v) is 6.70. The number of ether oxygens (including phenoxy) is 1. The molecule has 0 aliphatic heterocycles. The molecule has 2 aromatic rings. The quantitative estimate of drug-likeness (QED) is 0.625. The zero-order valence-corrected chi connectivity index (χ0v) is 15.3. The third kappa shape index (κ3) is 6.09. The van der Waals surface area contributed by atoms with E-state index in [9.17, 15) is 18.4 Å². The normalized spacial score (nSPS) is 10.6. The molecule has 0 atom stereocenters. The largest absolute Gasteiger partial charge is 0.433 e. The smallest absolute Gasteiger partial charge is 0.387 e. The predicted molar refractivity (Wildman–Crippen MR) is 94.4 cm³/mol. The molecule has 0 bridgehead atoms. The molecule has 2 amide bonds. The van der Waals surface area contributed by atoms with Crippen LogP contribution in [0.2, 0.25) is 0 Å². The number of rotatable bonds is 8. The van der Waals surface area contributed by atoms with Crippen LogP contribution in [0, 0.1) is 0 Å². The van der Waals surface area contributed by atoms with Crippen molar-refractivity contribution in [2.75, 3.05) is 13.1 Å². The Hall–Kier alpha value is -2.00. The average molecular weight is 433 g/mol. The number of alkyl halides is 2. The Kier molecular flexibility index (Phi) is 7.32. The third-order valence-electron chi connectivity index (χ3n) is 3.06. The summed E-state index contributed by atoms with van der Waals surface area (Å²) in [5, 5.41) is 6.85. The molecule has 9 heteroatoms. The molecule has 0 saturated carbocycles. The first-order valence-electron chi connectivity index (χ1n) is 7.31. The van der Waals surface area contributed by atoms with Gasteiger partial charge in [-0.2, -0.15) is 8.78 Å². The molecule has 1 heterocycles. The molecule has 0 unspecified atom stereocenters. The van der Waals surface area contributed by atoms with Crippen molar-refractivity contribution < 1.29 is 23.1 Å². The van der Waals surface area contributed by atoms with Crippen LogP contribution in [0.25, 0.3) is 0 Å². The Morgan fingerprint density at radius 2 is 1.88 bits per heavy atom. The van der Waals surface area contributed by atoms with Crippen molar-refractivity contribution in [3.63, 3.8) is 0 Å². The molecule has 0 saturated heterocycles. The standard InChI is InChI=1S/C16H15BrF2N2O3S/c17-11-4-1-3-10(9-11)14(22)20-6-2-7-21-15(23)13-12(5-8-25-13)24-16(18)19/h1,3-5,8-9,16H,2,6-7H2,(H,20,22)(H,21,23). The van der Waals surface area contributed by atoms with E-state index in [0.29, 0.717) is 25.1 Å². The van der Waals surface area contributed by atoms with Gasteiger partial charge in [0.2, 0.25) is 0 Å². The van der Waals surface area contributed by atoms with Crippen molar-refractivity contribution in [2.45, 2.75) is 13.0 Å². The van der Waals surface area contributed by atoms with Crippen molar-refractivity contribution in [3.05, 3.63) is 50.6 Å². The van der Waals surface area contributed by atoms with E-state index < -0.39 is 12.5 Å². The highest BCUT2D eigenvalue weighted by Crippen LogP contribution is 2.26. The minimum atomic E-state index is -2.98. The first-order valence-corrected chi connectivity index (χ1v) is 8.99. The monoisotopic (exact) mass is 432 g/mol. The maximum absolute atomic E-state index is 12.2. The highest BCUT2D eigenvalue weighted by molar-refractivity contribution is 9.10. The highest BCUT2D eigenvalue weighted by Gasteiger charge is 2.17. The number of halogens is 3. The molecular formula is C16H15BrF2N2O3S. The lowest BCUT2D eigenvalue weighted by Crippen LogP contribution is -2.29. The lowest BCUT2D eigenvalue weighted by Gasteiger charge is -2.08. The van der Waals surface area contributed by atoms with Crippen LogP contribution < -0.4 is 15.4 Å². The maximum atomic E-state index is 12.2. The van der Waals surface area contributed by atoms with Gasteiger partial charge in [-0.05, 0) is 36.1 Å². The SMILES string of the molecule is O=C(NCCCNC(=O)c1sccc1OC(F)F)c1cccc(Br)c1. The summed E-state index contributed by atoms with van der Waals surface area (Å²) < 4.78 is 29.6. The fourth-order valence-electron chi connectivity index (χ4n) is 1.96. The first-order chi connectivity index (χ1) is 12.0. The Balaban J connectivity index is 1.72. The molecule has 0 spiro atoms. The number of carbonyl (C=O) groups excluding carboxylic acids is 2. The van der Waals surface area contributed by atoms with Gasteiger partial charge >= 0.3 is 6.61 Å². The van der Waals surface area contributed by atoms with Crippen molar-refractivity contribution in [1.82, 2.24) is 10.6 Å². The number of thiophene rings is 1. The van der Waals surface area contributed by atoms with E-state index in [2.05, 4.69) is 31.3 Å². The Labute approximate surface area is 155 Å². The minimum Gasteiger partial charge on any atom is -0.433 e. The summed E-state index contributed by atoms with van der Waals surface area (Å²) in [6.45, 7) is -2.31. The number of benzene rings is 1. The summed E-state index contributed by atoms with van der Waals surface area (Å²) >= 11 is 4.32. The Bertz CT molecular complexity index is 740. The summed E-state index contributed by atoms with van der Waals surface area (Å²) in [7, 11) is 0. The van der Waals surface area contributed by atoms with Crippen LogP contribution >= 0.6 is 27.3 Å². The van der Waals surface area contributed by atoms with E-state index >= 15 is 0 Å². The molecule has 0 aliphatic rings. The molecule has 134 valence electrons. The molecule has 25 heavy (non-hydrogen) atoms. The third-order valence-corrected chi connectivity index (χ3v) is 4.45. The van der Waals surface area contributed by atoms with E-state index in [-0.39, 0.29) is 16.5 Å². The van der Waals surface area contributed by atoms with E-state index in [0.717, 1.165) is 15.8 Å². The van der Waals surface area contributed by atoms with Gasteiger partial charge in [-0.1, -0.05) is 22.0 Å². The zero-order valence-electron chi connectivity index (χ0n) is 12.9. The van der Waals surface area contributed by atoms with Crippen molar-refractivity contribution in [3.8, 4) is 5.75 Å². The van der Waals surface area contributed by atoms with Crippen LogP contribution in [0.3, 0.4) is 0 Å². The molecule has 2 rings (SSSR count). The second kappa shape index (κ2) is 9.47. The van der Waals surface area contributed by atoms with Gasteiger partial charge in [-0.15, -0.1) is 11.3 Å². The molecule has 0 fully saturated rings. The van der Waals surface area contributed by atoms with Gasteiger partial charge in [0.15, 0.2) is 0 Å². The summed E-state index contributed by atoms with van der Waals surface area (Å²) in [5.41, 5.74) is 0.533. The van der Waals surface area contributed by atoms with Crippen LogP contribution in [-0.2, 0) is 0 Å². The van der Waals surface area contributed by atoms with Gasteiger partial charge in [-0.3, -0.25) is 9.59 Å². The lowest BCUT2D eigenvalue weighted by molar-refractivity contribution is -0.0498. The van der Waals surface area contributed by atoms with E-state index in [1.807, 2.05) is 6.07 Å². The second-order valence-electron chi connectivity index (χ2n) is 4.87. The van der Waals surface area contributed by atoms with E-state index in [4.69, 9.17) is 0 Å². The van der Waals surface area contributed by atoms with Gasteiger partial charge in [0, 0.05) is 23.1 Å². The van der Waals surface area contributed by atoms with Gasteiger partial charge < -0.3 is 15.4 Å². The minimum absolute atomic E-state index is 0.0958. The highest BCUT2D eigenvalue weighted by atomic mass is 79.9. The molecule has 5 nitrogen and oxygen atoms in total. The number of hydrogen-bond donors (Lipinski definition) is 2. The summed E-state index contributed by atoms with van der Waals surface area (Å²) in [5.74, 6) is -0.831. The predicted octanol–water partition coefficient (Wildman–Crippen LogP) is 3.66. The average Bonchev–Trinajstić information content (AvgIpc) is 3.01. The molecule has 2 N–H and O–H groups in total. The van der Waals surface area contributed by atoms with Crippen LogP contribution in [0.4, 0.5) is 8.78 Å². The topological polar surface area (TPSA) is 67.4 Å². The van der Waals surface area contributed by atoms with Crippen LogP contribution in [-0.4, -0.2) is 31.5 Å². The Morgan fingerprint density at radius 1 is 1.16 bits per heavy atom. The van der Waals surface area contributed by atoms with Crippen molar-refractivity contribution in [1.29, 1.82) is 0 Å². The lowest BCUT2D eigenvalue weighted by atomic mass is 10.2. The molecule has 0 radical (unpaired) electrons. The molecule has 1 aromatic carbocycles. The van der Waals surface area contributed by atoms with E-state index in [1.54, 1.807) is 18.2 Å². The van der Waals surface area contributed by atoms with E-state index in [1.165, 1.54) is 11.4 Å². The van der Waals surface area contributed by atoms with Crippen LogP contribution in [0.5, 0.6) is 5.75 Å². The number of amides is 2. The van der Waals surface area contributed by atoms with Gasteiger partial charge in [0.05, 0.1) is 0 Å². The molecular weight excluding hydrogens is 418 g/mol. The van der Waals surface area contributed by atoms with Crippen LogP contribution in [0.15, 0.2) is 40.2 Å². The van der Waals surface area contributed by atoms with Crippen LogP contribution in [0.1, 0.15) is 26.5 Å². The maximum Gasteiger partial charge on any atom is 0.387 e. The molecule has 0 aliphatic carbocycles. The first kappa shape index (κ1) is 19.3. The zero-order chi connectivity index (χ0) is 18.2. The number of hydrogen-bond acceptors (Lipinski definition) is 4. The summed E-state index contributed by atoms with van der Waals surface area (Å²) in [6, 6.07) is 8.31. The summed E-state index contributed by atoms with van der Waals surface area (Å²) in [6.07, 6.45) is 0.502. The van der Waals surface area contributed by atoms with Crippen molar-refractivity contribution >= 4 is 39.1 Å². The van der Waals surface area contributed by atoms with Gasteiger partial charge in [-0.25, -0.2) is 0 Å². The number of carbonyl (C=O) groups is 2. The summed E-state index contributed by atoms with van der Waals surface area (Å²) in [4.78, 5) is 24.0. The number of nitrogens with one attached hydrogen (secondary N) is 2. The molecule has 1 aromatic heterocycles. The van der Waals surface area contributed by atoms with Crippen molar-refractivity contribution in [2.24, 2.45) is 0 Å².